The van der Waals surface area contributed by atoms with Gasteiger partial charge in [-0.15, -0.1) is 0 Å². The first-order valence-corrected chi connectivity index (χ1v) is 10.6. The predicted octanol–water partition coefficient (Wildman–Crippen LogP) is 4.71. The van der Waals surface area contributed by atoms with Crippen LogP contribution in [0.2, 0.25) is 0 Å². The summed E-state index contributed by atoms with van der Waals surface area (Å²) < 4.78 is 20.4. The summed E-state index contributed by atoms with van der Waals surface area (Å²) in [5.41, 5.74) is 2.45. The second kappa shape index (κ2) is 9.31. The van der Waals surface area contributed by atoms with Gasteiger partial charge in [0.25, 0.3) is 5.91 Å². The average Bonchev–Trinajstić information content (AvgIpc) is 2.78. The molecule has 5 nitrogen and oxygen atoms in total. The Kier molecular flexibility index (Phi) is 6.32. The number of hydrogen-bond donors (Lipinski definition) is 2. The molecule has 3 aromatic carbocycles. The van der Waals surface area contributed by atoms with E-state index in [4.69, 9.17) is 4.74 Å². The molecule has 0 radical (unpaired) electrons. The smallest absolute Gasteiger partial charge is 0.255 e. The number of halogens is 2. The Morgan fingerprint density at radius 3 is 2.61 bits per heavy atom. The molecule has 0 saturated heterocycles. The fourth-order valence-corrected chi connectivity index (χ4v) is 3.68. The predicted molar refractivity (Wildman–Crippen MR) is 119 cm³/mol. The standard InChI is InChI=1S/C24H20BrFN2O3/c25-19-7-5-15(6-8-19)24(30)28-20-9-10-22-17(12-20)11-18(14-31-22)23(29)27-13-16-3-1-2-4-21(16)26/h1-10,12,18H,11,13-14H2,(H,27,29)(H,28,30)/t18-/m1/s1. The van der Waals surface area contributed by atoms with Crippen molar-refractivity contribution in [1.29, 1.82) is 0 Å². The van der Waals surface area contributed by atoms with Crippen molar-refractivity contribution < 1.29 is 18.7 Å². The summed E-state index contributed by atoms with van der Waals surface area (Å²) in [6, 6.07) is 18.8. The van der Waals surface area contributed by atoms with Crippen LogP contribution in [-0.2, 0) is 17.8 Å². The molecule has 1 heterocycles. The van der Waals surface area contributed by atoms with Crippen molar-refractivity contribution in [2.45, 2.75) is 13.0 Å². The molecule has 1 atom stereocenters. The van der Waals surface area contributed by atoms with Crippen LogP contribution in [0.4, 0.5) is 10.1 Å². The van der Waals surface area contributed by atoms with Crippen LogP contribution in [0.3, 0.4) is 0 Å². The molecule has 31 heavy (non-hydrogen) atoms. The zero-order chi connectivity index (χ0) is 21.8. The lowest BCUT2D eigenvalue weighted by Gasteiger charge is -2.25. The third-order valence-electron chi connectivity index (χ3n) is 5.11. The quantitative estimate of drug-likeness (QED) is 0.553. The lowest BCUT2D eigenvalue weighted by Crippen LogP contribution is -2.37. The molecule has 4 rings (SSSR count). The van der Waals surface area contributed by atoms with Crippen LogP contribution in [-0.4, -0.2) is 18.4 Å². The van der Waals surface area contributed by atoms with Gasteiger partial charge < -0.3 is 15.4 Å². The molecule has 0 unspecified atom stereocenters. The second-order valence-corrected chi connectivity index (χ2v) is 8.22. The number of amides is 2. The van der Waals surface area contributed by atoms with E-state index in [1.807, 2.05) is 6.07 Å². The van der Waals surface area contributed by atoms with Crippen molar-refractivity contribution in [1.82, 2.24) is 5.32 Å². The highest BCUT2D eigenvalue weighted by molar-refractivity contribution is 9.10. The number of carbonyl (C=O) groups is 2. The first-order chi connectivity index (χ1) is 15.0. The molecular formula is C24H20BrFN2O3. The maximum absolute atomic E-state index is 13.8. The Balaban J connectivity index is 1.40. The van der Waals surface area contributed by atoms with E-state index in [9.17, 15) is 14.0 Å². The number of hydrogen-bond acceptors (Lipinski definition) is 3. The Hall–Kier alpha value is -3.19. The SMILES string of the molecule is O=C(Nc1ccc2c(c1)C[C@@H](C(=O)NCc1ccccc1F)CO2)c1ccc(Br)cc1. The molecule has 0 aromatic heterocycles. The summed E-state index contributed by atoms with van der Waals surface area (Å²) in [6.45, 7) is 0.374. The van der Waals surface area contributed by atoms with Gasteiger partial charge in [0.1, 0.15) is 18.2 Å². The summed E-state index contributed by atoms with van der Waals surface area (Å²) in [4.78, 5) is 25.0. The lowest BCUT2D eigenvalue weighted by atomic mass is 9.95. The van der Waals surface area contributed by atoms with Gasteiger partial charge in [-0.3, -0.25) is 9.59 Å². The van der Waals surface area contributed by atoms with E-state index < -0.39 is 5.92 Å². The summed E-state index contributed by atoms with van der Waals surface area (Å²) in [5, 5.41) is 5.65. The molecule has 7 heteroatoms. The number of ether oxygens (including phenoxy) is 1. The topological polar surface area (TPSA) is 67.4 Å². The number of benzene rings is 3. The molecule has 158 valence electrons. The van der Waals surface area contributed by atoms with Crippen LogP contribution in [0.1, 0.15) is 21.5 Å². The van der Waals surface area contributed by atoms with Crippen molar-refractivity contribution in [3.63, 3.8) is 0 Å². The van der Waals surface area contributed by atoms with Gasteiger partial charge in [0.15, 0.2) is 0 Å². The molecule has 0 saturated carbocycles. The van der Waals surface area contributed by atoms with Gasteiger partial charge in [0, 0.05) is 27.8 Å². The molecule has 0 bridgehead atoms. The molecule has 0 fully saturated rings. The van der Waals surface area contributed by atoms with E-state index in [1.54, 1.807) is 54.6 Å². The van der Waals surface area contributed by atoms with Crippen molar-refractivity contribution in [3.8, 4) is 5.75 Å². The maximum atomic E-state index is 13.8. The molecule has 2 N–H and O–H groups in total. The van der Waals surface area contributed by atoms with Crippen molar-refractivity contribution in [2.24, 2.45) is 5.92 Å². The minimum absolute atomic E-state index is 0.123. The van der Waals surface area contributed by atoms with Gasteiger partial charge in [0.05, 0.1) is 5.92 Å². The Bertz CT molecular complexity index is 1120. The molecule has 1 aliphatic heterocycles. The first-order valence-electron chi connectivity index (χ1n) is 9.83. The minimum atomic E-state index is -0.392. The van der Waals surface area contributed by atoms with Gasteiger partial charge in [-0.1, -0.05) is 34.1 Å². The van der Waals surface area contributed by atoms with Crippen molar-refractivity contribution in [3.05, 3.63) is 93.7 Å². The van der Waals surface area contributed by atoms with E-state index >= 15 is 0 Å². The highest BCUT2D eigenvalue weighted by atomic mass is 79.9. The van der Waals surface area contributed by atoms with Crippen LogP contribution >= 0.6 is 15.9 Å². The van der Waals surface area contributed by atoms with Gasteiger partial charge >= 0.3 is 0 Å². The summed E-state index contributed by atoms with van der Waals surface area (Å²) in [5.74, 6) is -0.461. The highest BCUT2D eigenvalue weighted by Crippen LogP contribution is 2.30. The fourth-order valence-electron chi connectivity index (χ4n) is 3.41. The largest absolute Gasteiger partial charge is 0.492 e. The Labute approximate surface area is 187 Å². The number of fused-ring (bicyclic) bond motifs is 1. The number of rotatable bonds is 5. The molecular weight excluding hydrogens is 463 g/mol. The van der Waals surface area contributed by atoms with Gasteiger partial charge in [-0.25, -0.2) is 4.39 Å². The summed E-state index contributed by atoms with van der Waals surface area (Å²) >= 11 is 3.35. The number of anilines is 1. The first kappa shape index (κ1) is 21.1. The Morgan fingerprint density at radius 1 is 1.06 bits per heavy atom. The third-order valence-corrected chi connectivity index (χ3v) is 5.64. The zero-order valence-corrected chi connectivity index (χ0v) is 18.1. The zero-order valence-electron chi connectivity index (χ0n) is 16.5. The van der Waals surface area contributed by atoms with Crippen molar-refractivity contribution in [2.75, 3.05) is 11.9 Å². The van der Waals surface area contributed by atoms with Crippen LogP contribution < -0.4 is 15.4 Å². The van der Waals surface area contributed by atoms with Crippen LogP contribution in [0.25, 0.3) is 0 Å². The van der Waals surface area contributed by atoms with Gasteiger partial charge in [-0.2, -0.15) is 0 Å². The summed E-state index contributed by atoms with van der Waals surface area (Å²) in [7, 11) is 0. The van der Waals surface area contributed by atoms with Gasteiger partial charge in [0.2, 0.25) is 5.91 Å². The minimum Gasteiger partial charge on any atom is -0.492 e. The molecule has 1 aliphatic rings. The number of nitrogens with one attached hydrogen (secondary N) is 2. The summed E-state index contributed by atoms with van der Waals surface area (Å²) in [6.07, 6.45) is 0.473. The molecule has 0 aliphatic carbocycles. The maximum Gasteiger partial charge on any atom is 0.255 e. The monoisotopic (exact) mass is 482 g/mol. The Morgan fingerprint density at radius 2 is 1.84 bits per heavy atom. The molecule has 2 amide bonds. The molecule has 3 aromatic rings. The highest BCUT2D eigenvalue weighted by Gasteiger charge is 2.26. The second-order valence-electron chi connectivity index (χ2n) is 7.30. The fraction of sp³-hybridized carbons (Fsp3) is 0.167. The van der Waals surface area contributed by atoms with E-state index in [0.29, 0.717) is 29.0 Å². The normalized spacial score (nSPS) is 14.8. The van der Waals surface area contributed by atoms with Crippen molar-refractivity contribution >= 4 is 33.4 Å². The van der Waals surface area contributed by atoms with Crippen LogP contribution in [0.15, 0.2) is 71.2 Å². The van der Waals surface area contributed by atoms with Crippen LogP contribution in [0, 0.1) is 11.7 Å². The lowest BCUT2D eigenvalue weighted by molar-refractivity contribution is -0.126. The molecule has 0 spiro atoms. The van der Waals surface area contributed by atoms with Gasteiger partial charge in [-0.05, 0) is 60.5 Å². The van der Waals surface area contributed by atoms with Crippen LogP contribution in [0.5, 0.6) is 5.75 Å². The average molecular weight is 483 g/mol. The van der Waals surface area contributed by atoms with E-state index in [0.717, 1.165) is 10.0 Å². The number of carbonyl (C=O) groups excluding carboxylic acids is 2. The third kappa shape index (κ3) is 5.11. The van der Waals surface area contributed by atoms with E-state index in [1.165, 1.54) is 6.07 Å². The van der Waals surface area contributed by atoms with E-state index in [2.05, 4.69) is 26.6 Å². The van der Waals surface area contributed by atoms with E-state index in [-0.39, 0.29) is 30.8 Å².